The van der Waals surface area contributed by atoms with E-state index in [-0.39, 0.29) is 17.7 Å². The standard InChI is InChI=1S/C22H25N3O2S/c1-16(2)13-21(26)25-20-10-6-5-9-19(20)22(27)24-11-12-28-15-18-8-4-3-7-17(18)14-23/h3-10,16H,11-13,15H2,1-2H3,(H,24,27)(H,25,26). The minimum atomic E-state index is -0.210. The lowest BCUT2D eigenvalue weighted by Crippen LogP contribution is -2.27. The number of benzene rings is 2. The summed E-state index contributed by atoms with van der Waals surface area (Å²) in [5.74, 6) is 1.40. The molecule has 0 unspecified atom stereocenters. The molecule has 0 aliphatic heterocycles. The fraction of sp³-hybridized carbons (Fsp3) is 0.318. The van der Waals surface area contributed by atoms with Crippen LogP contribution in [0.15, 0.2) is 48.5 Å². The Morgan fingerprint density at radius 2 is 1.82 bits per heavy atom. The third-order valence-corrected chi connectivity index (χ3v) is 4.97. The molecule has 0 heterocycles. The summed E-state index contributed by atoms with van der Waals surface area (Å²) < 4.78 is 0. The van der Waals surface area contributed by atoms with Gasteiger partial charge >= 0.3 is 0 Å². The van der Waals surface area contributed by atoms with Crippen molar-refractivity contribution in [3.63, 3.8) is 0 Å². The van der Waals surface area contributed by atoms with E-state index in [9.17, 15) is 9.59 Å². The number of amides is 2. The van der Waals surface area contributed by atoms with Crippen LogP contribution in [-0.2, 0) is 10.5 Å². The van der Waals surface area contributed by atoms with E-state index in [1.807, 2.05) is 38.1 Å². The predicted molar refractivity (Wildman–Crippen MR) is 114 cm³/mol. The molecule has 0 aliphatic rings. The van der Waals surface area contributed by atoms with E-state index in [0.29, 0.717) is 29.8 Å². The monoisotopic (exact) mass is 395 g/mol. The van der Waals surface area contributed by atoms with Crippen LogP contribution in [0.1, 0.15) is 41.8 Å². The maximum absolute atomic E-state index is 12.5. The van der Waals surface area contributed by atoms with E-state index in [0.717, 1.165) is 17.1 Å². The van der Waals surface area contributed by atoms with Gasteiger partial charge < -0.3 is 10.6 Å². The zero-order chi connectivity index (χ0) is 20.4. The number of nitriles is 1. The van der Waals surface area contributed by atoms with Gasteiger partial charge in [-0.1, -0.05) is 44.2 Å². The van der Waals surface area contributed by atoms with E-state index in [2.05, 4.69) is 16.7 Å². The van der Waals surface area contributed by atoms with Crippen molar-refractivity contribution in [2.45, 2.75) is 26.0 Å². The fourth-order valence-corrected chi connectivity index (χ4v) is 3.49. The lowest BCUT2D eigenvalue weighted by atomic mass is 10.1. The number of nitrogens with zero attached hydrogens (tertiary/aromatic N) is 1. The lowest BCUT2D eigenvalue weighted by molar-refractivity contribution is -0.116. The normalized spacial score (nSPS) is 10.4. The van der Waals surface area contributed by atoms with Crippen molar-refractivity contribution in [1.82, 2.24) is 5.32 Å². The molecular formula is C22H25N3O2S. The molecule has 0 saturated heterocycles. The zero-order valence-corrected chi connectivity index (χ0v) is 17.0. The van der Waals surface area contributed by atoms with E-state index in [1.54, 1.807) is 36.0 Å². The molecule has 0 aliphatic carbocycles. The molecule has 6 heteroatoms. The summed E-state index contributed by atoms with van der Waals surface area (Å²) >= 11 is 1.66. The molecule has 0 atom stereocenters. The van der Waals surface area contributed by atoms with Crippen molar-refractivity contribution in [2.75, 3.05) is 17.6 Å². The Balaban J connectivity index is 1.83. The number of carbonyl (C=O) groups is 2. The van der Waals surface area contributed by atoms with Gasteiger partial charge in [0.2, 0.25) is 5.91 Å². The molecule has 0 bridgehead atoms. The van der Waals surface area contributed by atoms with E-state index < -0.39 is 0 Å². The van der Waals surface area contributed by atoms with Crippen LogP contribution in [0, 0.1) is 17.2 Å². The summed E-state index contributed by atoms with van der Waals surface area (Å²) in [4.78, 5) is 24.5. The highest BCUT2D eigenvalue weighted by molar-refractivity contribution is 7.98. The molecule has 2 aromatic rings. The third-order valence-electron chi connectivity index (χ3n) is 3.97. The Labute approximate surface area is 170 Å². The first-order chi connectivity index (χ1) is 13.5. The second-order valence-corrected chi connectivity index (χ2v) is 7.87. The lowest BCUT2D eigenvalue weighted by Gasteiger charge is -2.12. The Hall–Kier alpha value is -2.78. The number of thioether (sulfide) groups is 1. The van der Waals surface area contributed by atoms with E-state index in [4.69, 9.17) is 5.26 Å². The molecule has 2 N–H and O–H groups in total. The van der Waals surface area contributed by atoms with Gasteiger partial charge in [0.05, 0.1) is 22.9 Å². The summed E-state index contributed by atoms with van der Waals surface area (Å²) in [6, 6.07) is 16.7. The van der Waals surface area contributed by atoms with Gasteiger partial charge in [-0.2, -0.15) is 17.0 Å². The van der Waals surface area contributed by atoms with Crippen LogP contribution in [0.25, 0.3) is 0 Å². The van der Waals surface area contributed by atoms with Crippen molar-refractivity contribution >= 4 is 29.3 Å². The average Bonchev–Trinajstić information content (AvgIpc) is 2.67. The Morgan fingerprint density at radius 1 is 1.11 bits per heavy atom. The first-order valence-corrected chi connectivity index (χ1v) is 10.4. The van der Waals surface area contributed by atoms with Crippen molar-refractivity contribution in [2.24, 2.45) is 5.92 Å². The summed E-state index contributed by atoms with van der Waals surface area (Å²) in [5.41, 5.74) is 2.67. The number of anilines is 1. The van der Waals surface area contributed by atoms with E-state index >= 15 is 0 Å². The van der Waals surface area contributed by atoms with Gasteiger partial charge in [0.1, 0.15) is 0 Å². The Kier molecular flexibility index (Phi) is 8.57. The van der Waals surface area contributed by atoms with Crippen LogP contribution in [-0.4, -0.2) is 24.1 Å². The summed E-state index contributed by atoms with van der Waals surface area (Å²) in [6.45, 7) is 4.46. The van der Waals surface area contributed by atoms with Crippen molar-refractivity contribution in [1.29, 1.82) is 5.26 Å². The average molecular weight is 396 g/mol. The van der Waals surface area contributed by atoms with Gasteiger partial charge in [-0.3, -0.25) is 9.59 Å². The van der Waals surface area contributed by atoms with Crippen LogP contribution in [0.4, 0.5) is 5.69 Å². The minimum absolute atomic E-state index is 0.0954. The molecule has 0 saturated carbocycles. The third kappa shape index (κ3) is 6.75. The maximum atomic E-state index is 12.5. The second-order valence-electron chi connectivity index (χ2n) is 6.77. The molecule has 0 fully saturated rings. The number of hydrogen-bond acceptors (Lipinski definition) is 4. The first kappa shape index (κ1) is 21.5. The number of nitrogens with one attached hydrogen (secondary N) is 2. The van der Waals surface area contributed by atoms with Gasteiger partial charge in [-0.25, -0.2) is 0 Å². The van der Waals surface area contributed by atoms with Crippen LogP contribution < -0.4 is 10.6 Å². The molecule has 2 amide bonds. The molecular weight excluding hydrogens is 370 g/mol. The van der Waals surface area contributed by atoms with Crippen molar-refractivity contribution < 1.29 is 9.59 Å². The smallest absolute Gasteiger partial charge is 0.253 e. The molecule has 0 spiro atoms. The van der Waals surface area contributed by atoms with Gasteiger partial charge in [-0.05, 0) is 29.7 Å². The van der Waals surface area contributed by atoms with Gasteiger partial charge in [0, 0.05) is 24.5 Å². The highest BCUT2D eigenvalue weighted by Crippen LogP contribution is 2.17. The molecule has 0 aromatic heterocycles. The summed E-state index contributed by atoms with van der Waals surface area (Å²) in [5, 5.41) is 14.8. The molecule has 146 valence electrons. The fourth-order valence-electron chi connectivity index (χ4n) is 2.63. The first-order valence-electron chi connectivity index (χ1n) is 9.24. The number of para-hydroxylation sites is 1. The highest BCUT2D eigenvalue weighted by Gasteiger charge is 2.13. The van der Waals surface area contributed by atoms with Crippen LogP contribution >= 0.6 is 11.8 Å². The Morgan fingerprint density at radius 3 is 2.57 bits per heavy atom. The number of rotatable bonds is 9. The van der Waals surface area contributed by atoms with Crippen LogP contribution in [0.3, 0.4) is 0 Å². The topological polar surface area (TPSA) is 82.0 Å². The van der Waals surface area contributed by atoms with E-state index in [1.165, 1.54) is 0 Å². The minimum Gasteiger partial charge on any atom is -0.351 e. The molecule has 0 radical (unpaired) electrons. The Bertz CT molecular complexity index is 859. The predicted octanol–water partition coefficient (Wildman–Crippen LogP) is 4.21. The van der Waals surface area contributed by atoms with Crippen molar-refractivity contribution in [3.8, 4) is 6.07 Å². The number of carbonyl (C=O) groups excluding carboxylic acids is 2. The SMILES string of the molecule is CC(C)CC(=O)Nc1ccccc1C(=O)NCCSCc1ccccc1C#N. The molecule has 2 aromatic carbocycles. The van der Waals surface area contributed by atoms with Crippen molar-refractivity contribution in [3.05, 3.63) is 65.2 Å². The molecule has 2 rings (SSSR count). The molecule has 28 heavy (non-hydrogen) atoms. The zero-order valence-electron chi connectivity index (χ0n) is 16.2. The van der Waals surface area contributed by atoms with Gasteiger partial charge in [0.25, 0.3) is 5.91 Å². The van der Waals surface area contributed by atoms with Gasteiger partial charge in [-0.15, -0.1) is 0 Å². The highest BCUT2D eigenvalue weighted by atomic mass is 32.2. The van der Waals surface area contributed by atoms with Crippen LogP contribution in [0.2, 0.25) is 0 Å². The second kappa shape index (κ2) is 11.2. The summed E-state index contributed by atoms with van der Waals surface area (Å²) in [6.07, 6.45) is 0.413. The summed E-state index contributed by atoms with van der Waals surface area (Å²) in [7, 11) is 0. The molecule has 5 nitrogen and oxygen atoms in total. The maximum Gasteiger partial charge on any atom is 0.253 e. The largest absolute Gasteiger partial charge is 0.351 e. The van der Waals surface area contributed by atoms with Gasteiger partial charge in [0.15, 0.2) is 0 Å². The van der Waals surface area contributed by atoms with Crippen LogP contribution in [0.5, 0.6) is 0 Å². The number of hydrogen-bond donors (Lipinski definition) is 2. The quantitative estimate of drug-likeness (QED) is 0.623.